The quantitative estimate of drug-likeness (QED) is 0.474. The van der Waals surface area contributed by atoms with Crippen molar-refractivity contribution in [2.24, 2.45) is 0 Å². The maximum atomic E-state index is 13.4. The van der Waals surface area contributed by atoms with Crippen molar-refractivity contribution in [1.29, 1.82) is 0 Å². The Morgan fingerprint density at radius 1 is 1.67 bits per heavy atom. The van der Waals surface area contributed by atoms with Crippen LogP contribution in [0.5, 0.6) is 0 Å². The first-order valence-electron chi connectivity index (χ1n) is 4.99. The first-order chi connectivity index (χ1) is 8.36. The highest BCUT2D eigenvalue weighted by molar-refractivity contribution is 14.1. The van der Waals surface area contributed by atoms with Crippen LogP contribution in [0.1, 0.15) is 13.3 Å². The van der Waals surface area contributed by atoms with Gasteiger partial charge in [-0.15, -0.1) is 0 Å². The maximum Gasteiger partial charge on any atom is 0.326 e. The van der Waals surface area contributed by atoms with E-state index in [1.165, 1.54) is 0 Å². The van der Waals surface area contributed by atoms with E-state index >= 15 is 0 Å². The fraction of sp³-hybridized carbons (Fsp3) is 0.300. The first kappa shape index (κ1) is 14.6. The number of rotatable bonds is 5. The monoisotopic (exact) mass is 368 g/mol. The summed E-state index contributed by atoms with van der Waals surface area (Å²) >= 11 is 1.63. The molecule has 0 aliphatic heterocycles. The average Bonchev–Trinajstić information content (AvgIpc) is 2.29. The highest BCUT2D eigenvalue weighted by atomic mass is 127. The van der Waals surface area contributed by atoms with Crippen LogP contribution in [0.4, 0.5) is 15.8 Å². The van der Waals surface area contributed by atoms with E-state index in [-0.39, 0.29) is 21.4 Å². The summed E-state index contributed by atoms with van der Waals surface area (Å²) in [6.07, 6.45) is 0.222. The van der Waals surface area contributed by atoms with Crippen molar-refractivity contribution in [2.75, 3.05) is 5.32 Å². The van der Waals surface area contributed by atoms with Crippen molar-refractivity contribution < 1.29 is 19.2 Å². The van der Waals surface area contributed by atoms with E-state index in [0.717, 1.165) is 12.1 Å². The largest absolute Gasteiger partial charge is 0.480 e. The Morgan fingerprint density at radius 3 is 2.72 bits per heavy atom. The van der Waals surface area contributed by atoms with Crippen LogP contribution in [0.25, 0.3) is 0 Å². The molecule has 0 heterocycles. The Hall–Kier alpha value is -1.45. The molecule has 0 radical (unpaired) electrons. The van der Waals surface area contributed by atoms with Crippen molar-refractivity contribution in [3.05, 3.63) is 31.6 Å². The van der Waals surface area contributed by atoms with Gasteiger partial charge in [-0.3, -0.25) is 10.1 Å². The zero-order valence-corrected chi connectivity index (χ0v) is 11.5. The second kappa shape index (κ2) is 5.94. The molecule has 0 bridgehead atoms. The molecular formula is C10H10FIN2O4. The first-order valence-corrected chi connectivity index (χ1v) is 6.07. The fourth-order valence-electron chi connectivity index (χ4n) is 1.33. The summed E-state index contributed by atoms with van der Waals surface area (Å²) in [5.41, 5.74) is -0.479. The van der Waals surface area contributed by atoms with Gasteiger partial charge in [0, 0.05) is 12.1 Å². The van der Waals surface area contributed by atoms with Crippen molar-refractivity contribution in [1.82, 2.24) is 0 Å². The second-order valence-electron chi connectivity index (χ2n) is 3.48. The molecule has 0 spiro atoms. The van der Waals surface area contributed by atoms with Gasteiger partial charge < -0.3 is 10.4 Å². The van der Waals surface area contributed by atoms with Gasteiger partial charge in [-0.1, -0.05) is 6.92 Å². The van der Waals surface area contributed by atoms with Gasteiger partial charge in [-0.05, 0) is 29.0 Å². The minimum atomic E-state index is -1.15. The Balaban J connectivity index is 3.18. The topological polar surface area (TPSA) is 92.5 Å². The predicted octanol–water partition coefficient (Wildman–Crippen LogP) is 2.61. The van der Waals surface area contributed by atoms with Crippen molar-refractivity contribution >= 4 is 39.9 Å². The van der Waals surface area contributed by atoms with Gasteiger partial charge in [0.2, 0.25) is 0 Å². The molecule has 1 aromatic carbocycles. The molecule has 0 aromatic heterocycles. The number of nitro groups is 1. The lowest BCUT2D eigenvalue weighted by Gasteiger charge is -2.14. The number of hydrogen-bond donors (Lipinski definition) is 2. The zero-order chi connectivity index (χ0) is 13.9. The van der Waals surface area contributed by atoms with E-state index in [9.17, 15) is 19.3 Å². The Kier molecular flexibility index (Phi) is 4.82. The molecule has 6 nitrogen and oxygen atoms in total. The number of halogens is 2. The number of aliphatic carboxylic acids is 1. The second-order valence-corrected chi connectivity index (χ2v) is 4.65. The van der Waals surface area contributed by atoms with Crippen LogP contribution in [0.2, 0.25) is 0 Å². The minimum Gasteiger partial charge on any atom is -0.480 e. The number of nitrogens with one attached hydrogen (secondary N) is 1. The van der Waals surface area contributed by atoms with Crippen LogP contribution in [-0.4, -0.2) is 22.0 Å². The summed E-state index contributed by atoms with van der Waals surface area (Å²) in [7, 11) is 0. The molecule has 0 saturated carbocycles. The van der Waals surface area contributed by atoms with E-state index in [4.69, 9.17) is 5.11 Å². The van der Waals surface area contributed by atoms with Gasteiger partial charge >= 0.3 is 5.97 Å². The SMILES string of the molecule is CCC(Nc1cc(F)c(I)cc1[N+](=O)[O-])C(=O)O. The van der Waals surface area contributed by atoms with E-state index in [0.29, 0.717) is 0 Å². The molecule has 0 amide bonds. The predicted molar refractivity (Wildman–Crippen MR) is 71.1 cm³/mol. The average molecular weight is 368 g/mol. The number of carbonyl (C=O) groups is 1. The van der Waals surface area contributed by atoms with E-state index in [1.807, 2.05) is 0 Å². The van der Waals surface area contributed by atoms with Crippen LogP contribution >= 0.6 is 22.6 Å². The molecule has 2 N–H and O–H groups in total. The normalized spacial score (nSPS) is 11.9. The third kappa shape index (κ3) is 3.28. The summed E-state index contributed by atoms with van der Waals surface area (Å²) in [5.74, 6) is -1.78. The van der Waals surface area contributed by atoms with Crippen molar-refractivity contribution in [3.63, 3.8) is 0 Å². The molecule has 1 aromatic rings. The molecule has 1 atom stereocenters. The molecule has 1 unspecified atom stereocenters. The van der Waals surface area contributed by atoms with Crippen molar-refractivity contribution in [3.8, 4) is 0 Å². The summed E-state index contributed by atoms with van der Waals surface area (Å²) in [5, 5.41) is 22.1. The molecule has 0 saturated heterocycles. The van der Waals surface area contributed by atoms with E-state index in [1.54, 1.807) is 29.5 Å². The van der Waals surface area contributed by atoms with E-state index < -0.39 is 22.8 Å². The van der Waals surface area contributed by atoms with Gasteiger partial charge in [-0.25, -0.2) is 9.18 Å². The van der Waals surface area contributed by atoms with Gasteiger partial charge in [-0.2, -0.15) is 0 Å². The summed E-state index contributed by atoms with van der Waals surface area (Å²) in [6.45, 7) is 1.61. The summed E-state index contributed by atoms with van der Waals surface area (Å²) in [4.78, 5) is 21.0. The molecule has 0 aliphatic carbocycles. The number of benzene rings is 1. The lowest BCUT2D eigenvalue weighted by atomic mass is 10.2. The Morgan fingerprint density at radius 2 is 2.28 bits per heavy atom. The van der Waals surface area contributed by atoms with Gasteiger partial charge in [0.05, 0.1) is 8.49 Å². The zero-order valence-electron chi connectivity index (χ0n) is 9.31. The highest BCUT2D eigenvalue weighted by Crippen LogP contribution is 2.29. The number of carboxylic acid groups (broad SMARTS) is 1. The number of hydrogen-bond acceptors (Lipinski definition) is 4. The Labute approximate surface area is 115 Å². The van der Waals surface area contributed by atoms with Crippen LogP contribution in [-0.2, 0) is 4.79 Å². The number of nitro benzene ring substituents is 1. The molecule has 8 heteroatoms. The van der Waals surface area contributed by atoms with E-state index in [2.05, 4.69) is 5.32 Å². The van der Waals surface area contributed by atoms with Crippen LogP contribution in [0.3, 0.4) is 0 Å². The number of carboxylic acids is 1. The minimum absolute atomic E-state index is 0.105. The number of anilines is 1. The molecule has 0 aliphatic rings. The lowest BCUT2D eigenvalue weighted by Crippen LogP contribution is -2.28. The molecule has 18 heavy (non-hydrogen) atoms. The molecular weight excluding hydrogens is 358 g/mol. The van der Waals surface area contributed by atoms with Crippen LogP contribution in [0.15, 0.2) is 12.1 Å². The smallest absolute Gasteiger partial charge is 0.326 e. The molecule has 0 fully saturated rings. The van der Waals surface area contributed by atoms with Crippen molar-refractivity contribution in [2.45, 2.75) is 19.4 Å². The summed E-state index contributed by atoms with van der Waals surface area (Å²) < 4.78 is 13.5. The van der Waals surface area contributed by atoms with Crippen LogP contribution < -0.4 is 5.32 Å². The Bertz CT molecular complexity index is 495. The van der Waals surface area contributed by atoms with Gasteiger partial charge in [0.1, 0.15) is 17.5 Å². The van der Waals surface area contributed by atoms with Crippen LogP contribution in [0, 0.1) is 19.5 Å². The van der Waals surface area contributed by atoms with Gasteiger partial charge in [0.25, 0.3) is 5.69 Å². The molecule has 1 rings (SSSR count). The maximum absolute atomic E-state index is 13.4. The fourth-order valence-corrected chi connectivity index (χ4v) is 1.78. The van der Waals surface area contributed by atoms with Gasteiger partial charge in [0.15, 0.2) is 0 Å². The summed E-state index contributed by atoms with van der Waals surface area (Å²) in [6, 6.07) is 1.00. The standard InChI is InChI=1S/C10H10FIN2O4/c1-2-7(10(15)16)13-8-3-5(11)6(12)4-9(8)14(17)18/h3-4,7,13H,2H2,1H3,(H,15,16). The lowest BCUT2D eigenvalue weighted by molar-refractivity contribution is -0.384. The molecule has 98 valence electrons. The third-order valence-electron chi connectivity index (χ3n) is 2.27. The number of nitrogens with zero attached hydrogens (tertiary/aromatic N) is 1. The third-order valence-corrected chi connectivity index (χ3v) is 3.10. The highest BCUT2D eigenvalue weighted by Gasteiger charge is 2.22.